The summed E-state index contributed by atoms with van der Waals surface area (Å²) in [6, 6.07) is 4.81. The van der Waals surface area contributed by atoms with Gasteiger partial charge in [0.1, 0.15) is 5.75 Å². The molecule has 0 atom stereocenters. The third-order valence-electron chi connectivity index (χ3n) is 2.28. The molecule has 0 bridgehead atoms. The molecule has 0 saturated heterocycles. The molecule has 2 N–H and O–H groups in total. The Morgan fingerprint density at radius 3 is 2.72 bits per heavy atom. The number of hydrogen-bond donors (Lipinski definition) is 2. The van der Waals surface area contributed by atoms with Crippen molar-refractivity contribution in [1.82, 2.24) is 5.32 Å². The van der Waals surface area contributed by atoms with Crippen molar-refractivity contribution in [3.8, 4) is 5.75 Å². The van der Waals surface area contributed by atoms with Crippen LogP contribution in [0.15, 0.2) is 18.2 Å². The van der Waals surface area contributed by atoms with Crippen molar-refractivity contribution in [2.45, 2.75) is 6.42 Å². The summed E-state index contributed by atoms with van der Waals surface area (Å²) in [6.07, 6.45) is 0.535. The fraction of sp³-hybridized carbons (Fsp3) is 0.455. The van der Waals surface area contributed by atoms with Crippen molar-refractivity contribution in [2.24, 2.45) is 0 Å². The Morgan fingerprint density at radius 1 is 1.39 bits per heavy atom. The molecule has 5 nitrogen and oxygen atoms in total. The highest BCUT2D eigenvalue weighted by Gasteiger charge is 2.12. The van der Waals surface area contributed by atoms with Crippen LogP contribution in [0.2, 0.25) is 5.02 Å². The van der Waals surface area contributed by atoms with Crippen molar-refractivity contribution >= 4 is 27.3 Å². The number of methoxy groups -OCH3 is 1. The van der Waals surface area contributed by atoms with E-state index in [0.29, 0.717) is 29.4 Å². The fourth-order valence-corrected chi connectivity index (χ4v) is 2.72. The SMILES string of the molecule is CNCCCS(=O)(=O)Nc1cc(OC)ccc1Cl. The van der Waals surface area contributed by atoms with Crippen LogP contribution in [-0.4, -0.2) is 34.9 Å². The second-order valence-electron chi connectivity index (χ2n) is 3.72. The minimum Gasteiger partial charge on any atom is -0.497 e. The van der Waals surface area contributed by atoms with Gasteiger partial charge in [0.25, 0.3) is 0 Å². The van der Waals surface area contributed by atoms with Crippen molar-refractivity contribution in [3.05, 3.63) is 23.2 Å². The van der Waals surface area contributed by atoms with Gasteiger partial charge in [-0.15, -0.1) is 0 Å². The zero-order valence-corrected chi connectivity index (χ0v) is 11.9. The molecule has 7 heteroatoms. The molecular formula is C11H17ClN2O3S. The Bertz CT molecular complexity index is 491. The zero-order chi connectivity index (χ0) is 13.6. The Balaban J connectivity index is 2.76. The molecule has 18 heavy (non-hydrogen) atoms. The molecule has 0 amide bonds. The summed E-state index contributed by atoms with van der Waals surface area (Å²) in [5, 5.41) is 3.24. The quantitative estimate of drug-likeness (QED) is 0.751. The lowest BCUT2D eigenvalue weighted by atomic mass is 10.3. The summed E-state index contributed by atoms with van der Waals surface area (Å²) in [6.45, 7) is 0.646. The molecule has 102 valence electrons. The van der Waals surface area contributed by atoms with E-state index in [1.807, 2.05) is 0 Å². The van der Waals surface area contributed by atoms with Gasteiger partial charge in [-0.1, -0.05) is 11.6 Å². The van der Waals surface area contributed by atoms with Gasteiger partial charge < -0.3 is 10.1 Å². The van der Waals surface area contributed by atoms with Gasteiger partial charge in [0.2, 0.25) is 10.0 Å². The van der Waals surface area contributed by atoms with Crippen LogP contribution in [-0.2, 0) is 10.0 Å². The van der Waals surface area contributed by atoms with Gasteiger partial charge in [0.05, 0.1) is 23.6 Å². The van der Waals surface area contributed by atoms with E-state index in [1.165, 1.54) is 7.11 Å². The van der Waals surface area contributed by atoms with E-state index in [9.17, 15) is 8.42 Å². The Hall–Kier alpha value is -0.980. The lowest BCUT2D eigenvalue weighted by Crippen LogP contribution is -2.20. The Labute approximate surface area is 113 Å². The number of benzene rings is 1. The first-order valence-corrected chi connectivity index (χ1v) is 7.50. The number of nitrogens with one attached hydrogen (secondary N) is 2. The first-order valence-electron chi connectivity index (χ1n) is 5.47. The van der Waals surface area contributed by atoms with Crippen LogP contribution in [0.5, 0.6) is 5.75 Å². The third-order valence-corrected chi connectivity index (χ3v) is 3.97. The van der Waals surface area contributed by atoms with Gasteiger partial charge in [0, 0.05) is 6.07 Å². The van der Waals surface area contributed by atoms with E-state index in [2.05, 4.69) is 10.0 Å². The van der Waals surface area contributed by atoms with Crippen molar-refractivity contribution < 1.29 is 13.2 Å². The molecule has 0 aliphatic rings. The smallest absolute Gasteiger partial charge is 0.232 e. The summed E-state index contributed by atoms with van der Waals surface area (Å²) in [7, 11) is -0.0992. The van der Waals surface area contributed by atoms with Crippen LogP contribution in [0.4, 0.5) is 5.69 Å². The number of halogens is 1. The van der Waals surface area contributed by atoms with E-state index >= 15 is 0 Å². The van der Waals surface area contributed by atoms with Crippen LogP contribution in [0, 0.1) is 0 Å². The average molecular weight is 293 g/mol. The first kappa shape index (κ1) is 15.1. The van der Waals surface area contributed by atoms with Crippen LogP contribution < -0.4 is 14.8 Å². The molecule has 0 unspecified atom stereocenters. The topological polar surface area (TPSA) is 67.4 Å². The standard InChI is InChI=1S/C11H17ClN2O3S/c1-13-6-3-7-18(15,16)14-11-8-9(17-2)4-5-10(11)12/h4-5,8,13-14H,3,6-7H2,1-2H3. The number of sulfonamides is 1. The largest absolute Gasteiger partial charge is 0.497 e. The van der Waals surface area contributed by atoms with Gasteiger partial charge in [-0.2, -0.15) is 0 Å². The maximum absolute atomic E-state index is 11.8. The summed E-state index contributed by atoms with van der Waals surface area (Å²) in [4.78, 5) is 0. The van der Waals surface area contributed by atoms with Gasteiger partial charge >= 0.3 is 0 Å². The summed E-state index contributed by atoms with van der Waals surface area (Å²) >= 11 is 5.93. The Kier molecular flexibility index (Phi) is 5.71. The minimum absolute atomic E-state index is 0.0430. The number of rotatable bonds is 7. The number of ether oxygens (including phenoxy) is 1. The molecule has 1 aromatic carbocycles. The molecule has 0 aliphatic heterocycles. The molecule has 0 radical (unpaired) electrons. The predicted molar refractivity (Wildman–Crippen MR) is 74.0 cm³/mol. The molecule has 0 aromatic heterocycles. The molecule has 0 aliphatic carbocycles. The maximum atomic E-state index is 11.8. The number of hydrogen-bond acceptors (Lipinski definition) is 4. The lowest BCUT2D eigenvalue weighted by molar-refractivity contribution is 0.415. The monoisotopic (exact) mass is 292 g/mol. The molecule has 0 saturated carbocycles. The van der Waals surface area contributed by atoms with Crippen LogP contribution in [0.3, 0.4) is 0 Å². The van der Waals surface area contributed by atoms with Crippen LogP contribution in [0.25, 0.3) is 0 Å². The second-order valence-corrected chi connectivity index (χ2v) is 5.97. The van der Waals surface area contributed by atoms with E-state index in [1.54, 1.807) is 25.2 Å². The Morgan fingerprint density at radius 2 is 2.11 bits per heavy atom. The number of anilines is 1. The summed E-state index contributed by atoms with van der Waals surface area (Å²) in [5.74, 6) is 0.591. The first-order chi connectivity index (χ1) is 8.48. The molecule has 0 heterocycles. The molecule has 1 rings (SSSR count). The molecule has 0 spiro atoms. The van der Waals surface area contributed by atoms with E-state index in [4.69, 9.17) is 16.3 Å². The molecular weight excluding hydrogens is 276 g/mol. The van der Waals surface area contributed by atoms with Crippen LogP contribution >= 0.6 is 11.6 Å². The maximum Gasteiger partial charge on any atom is 0.232 e. The van der Waals surface area contributed by atoms with Gasteiger partial charge in [-0.3, -0.25) is 4.72 Å². The summed E-state index contributed by atoms with van der Waals surface area (Å²) < 4.78 is 31.0. The predicted octanol–water partition coefficient (Wildman–Crippen LogP) is 1.70. The van der Waals surface area contributed by atoms with Crippen molar-refractivity contribution in [1.29, 1.82) is 0 Å². The second kappa shape index (κ2) is 6.82. The van der Waals surface area contributed by atoms with Crippen LogP contribution in [0.1, 0.15) is 6.42 Å². The minimum atomic E-state index is -3.38. The van der Waals surface area contributed by atoms with Gasteiger partial charge in [-0.05, 0) is 32.1 Å². The molecule has 0 fully saturated rings. The highest BCUT2D eigenvalue weighted by atomic mass is 35.5. The zero-order valence-electron chi connectivity index (χ0n) is 10.4. The van der Waals surface area contributed by atoms with E-state index in [-0.39, 0.29) is 5.75 Å². The van der Waals surface area contributed by atoms with Crippen molar-refractivity contribution in [2.75, 3.05) is 31.2 Å². The van der Waals surface area contributed by atoms with E-state index in [0.717, 1.165) is 0 Å². The summed E-state index contributed by atoms with van der Waals surface area (Å²) in [5.41, 5.74) is 0.334. The molecule has 1 aromatic rings. The fourth-order valence-electron chi connectivity index (χ4n) is 1.37. The highest BCUT2D eigenvalue weighted by Crippen LogP contribution is 2.27. The highest BCUT2D eigenvalue weighted by molar-refractivity contribution is 7.92. The van der Waals surface area contributed by atoms with Gasteiger partial charge in [0.15, 0.2) is 0 Å². The van der Waals surface area contributed by atoms with Crippen molar-refractivity contribution in [3.63, 3.8) is 0 Å². The third kappa shape index (κ3) is 4.72. The van der Waals surface area contributed by atoms with Gasteiger partial charge in [-0.25, -0.2) is 8.42 Å². The lowest BCUT2D eigenvalue weighted by Gasteiger charge is -2.10. The average Bonchev–Trinajstić information content (AvgIpc) is 2.32. The van der Waals surface area contributed by atoms with E-state index < -0.39 is 10.0 Å². The normalized spacial score (nSPS) is 11.3.